The summed E-state index contributed by atoms with van der Waals surface area (Å²) in [6.07, 6.45) is 0. The SMILES string of the molecule is CCOC(=O)c1ccsc1NC(=O)CN(CCOC)Cc1nc2ccccc2c(=O)[nH]1. The summed E-state index contributed by atoms with van der Waals surface area (Å²) in [5, 5.41) is 5.43. The summed E-state index contributed by atoms with van der Waals surface area (Å²) in [4.78, 5) is 46.1. The predicted molar refractivity (Wildman–Crippen MR) is 118 cm³/mol. The van der Waals surface area contributed by atoms with Crippen molar-refractivity contribution < 1.29 is 19.1 Å². The molecule has 0 aliphatic heterocycles. The van der Waals surface area contributed by atoms with E-state index >= 15 is 0 Å². The van der Waals surface area contributed by atoms with Gasteiger partial charge < -0.3 is 19.8 Å². The molecule has 0 unspecified atom stereocenters. The monoisotopic (exact) mass is 444 g/mol. The second kappa shape index (κ2) is 10.8. The van der Waals surface area contributed by atoms with E-state index in [1.165, 1.54) is 11.3 Å². The van der Waals surface area contributed by atoms with E-state index in [2.05, 4.69) is 15.3 Å². The number of thiophene rings is 1. The Bertz CT molecular complexity index is 1110. The molecule has 31 heavy (non-hydrogen) atoms. The summed E-state index contributed by atoms with van der Waals surface area (Å²) in [5.74, 6) is -0.323. The van der Waals surface area contributed by atoms with Crippen molar-refractivity contribution in [2.45, 2.75) is 13.5 Å². The fourth-order valence-corrected chi connectivity index (χ4v) is 3.79. The van der Waals surface area contributed by atoms with Crippen LogP contribution in [0.15, 0.2) is 40.5 Å². The third kappa shape index (κ3) is 5.97. The first-order valence-electron chi connectivity index (χ1n) is 9.75. The Morgan fingerprint density at radius 1 is 1.26 bits per heavy atom. The van der Waals surface area contributed by atoms with Crippen LogP contribution in [0.3, 0.4) is 0 Å². The molecular formula is C21H24N4O5S. The normalized spacial score (nSPS) is 11.1. The maximum atomic E-state index is 12.7. The van der Waals surface area contributed by atoms with Crippen molar-refractivity contribution in [1.82, 2.24) is 14.9 Å². The molecule has 0 spiro atoms. The molecule has 0 saturated carbocycles. The summed E-state index contributed by atoms with van der Waals surface area (Å²) in [6.45, 7) is 3.12. The molecule has 10 heteroatoms. The fraction of sp³-hybridized carbons (Fsp3) is 0.333. The van der Waals surface area contributed by atoms with Crippen LogP contribution in [0.4, 0.5) is 5.00 Å². The maximum absolute atomic E-state index is 12.7. The molecule has 2 N–H and O–H groups in total. The highest BCUT2D eigenvalue weighted by molar-refractivity contribution is 7.14. The number of esters is 1. The zero-order valence-corrected chi connectivity index (χ0v) is 18.2. The first kappa shape index (κ1) is 22.6. The maximum Gasteiger partial charge on any atom is 0.341 e. The van der Waals surface area contributed by atoms with Gasteiger partial charge in [0.2, 0.25) is 5.91 Å². The first-order chi connectivity index (χ1) is 15.0. The van der Waals surface area contributed by atoms with Crippen LogP contribution < -0.4 is 10.9 Å². The molecule has 3 aromatic rings. The van der Waals surface area contributed by atoms with Crippen molar-refractivity contribution in [3.05, 3.63) is 57.5 Å². The van der Waals surface area contributed by atoms with Crippen LogP contribution in [0, 0.1) is 0 Å². The van der Waals surface area contributed by atoms with E-state index in [9.17, 15) is 14.4 Å². The van der Waals surface area contributed by atoms with Gasteiger partial charge in [0, 0.05) is 13.7 Å². The van der Waals surface area contributed by atoms with E-state index in [0.29, 0.717) is 40.4 Å². The van der Waals surface area contributed by atoms with Gasteiger partial charge in [0.05, 0.1) is 42.8 Å². The Balaban J connectivity index is 1.72. The third-order valence-electron chi connectivity index (χ3n) is 4.43. The lowest BCUT2D eigenvalue weighted by Gasteiger charge is -2.21. The van der Waals surface area contributed by atoms with Crippen LogP contribution >= 0.6 is 11.3 Å². The number of anilines is 1. The van der Waals surface area contributed by atoms with Gasteiger partial charge in [-0.2, -0.15) is 0 Å². The van der Waals surface area contributed by atoms with Crippen molar-refractivity contribution in [1.29, 1.82) is 0 Å². The van der Waals surface area contributed by atoms with Crippen molar-refractivity contribution >= 4 is 39.1 Å². The highest BCUT2D eigenvalue weighted by Gasteiger charge is 2.18. The Hall–Kier alpha value is -3.08. The highest BCUT2D eigenvalue weighted by Crippen LogP contribution is 2.24. The lowest BCUT2D eigenvalue weighted by atomic mass is 10.2. The zero-order valence-electron chi connectivity index (χ0n) is 17.3. The smallest absolute Gasteiger partial charge is 0.341 e. The van der Waals surface area contributed by atoms with Gasteiger partial charge in [-0.3, -0.25) is 14.5 Å². The summed E-state index contributed by atoms with van der Waals surface area (Å²) < 4.78 is 10.2. The average Bonchev–Trinajstić information content (AvgIpc) is 3.20. The number of hydrogen-bond donors (Lipinski definition) is 2. The van der Waals surface area contributed by atoms with Gasteiger partial charge in [0.15, 0.2) is 0 Å². The number of methoxy groups -OCH3 is 1. The molecule has 164 valence electrons. The van der Waals surface area contributed by atoms with E-state index in [1.54, 1.807) is 43.7 Å². The number of benzene rings is 1. The van der Waals surface area contributed by atoms with Crippen LogP contribution in [-0.4, -0.2) is 60.2 Å². The van der Waals surface area contributed by atoms with Crippen molar-refractivity contribution in [2.24, 2.45) is 0 Å². The molecule has 0 radical (unpaired) electrons. The molecule has 2 heterocycles. The number of ether oxygens (including phenoxy) is 2. The van der Waals surface area contributed by atoms with Crippen LogP contribution in [0.1, 0.15) is 23.1 Å². The topological polar surface area (TPSA) is 114 Å². The van der Waals surface area contributed by atoms with Gasteiger partial charge in [0.25, 0.3) is 5.56 Å². The molecule has 0 atom stereocenters. The van der Waals surface area contributed by atoms with Gasteiger partial charge in [-0.15, -0.1) is 11.3 Å². The van der Waals surface area contributed by atoms with E-state index in [-0.39, 0.29) is 31.2 Å². The average molecular weight is 445 g/mol. The standard InChI is InChI=1S/C21H24N4O5S/c1-3-30-21(28)15-8-11-31-20(15)24-18(26)13-25(9-10-29-2)12-17-22-16-7-5-4-6-14(16)19(27)23-17/h4-8,11H,3,9-10,12-13H2,1-2H3,(H,24,26)(H,22,23,27). The zero-order chi connectivity index (χ0) is 22.2. The molecular weight excluding hydrogens is 420 g/mol. The summed E-state index contributed by atoms with van der Waals surface area (Å²) in [6, 6.07) is 8.70. The number of aromatic nitrogens is 2. The summed E-state index contributed by atoms with van der Waals surface area (Å²) in [7, 11) is 1.58. The number of nitrogens with one attached hydrogen (secondary N) is 2. The molecule has 0 fully saturated rings. The largest absolute Gasteiger partial charge is 0.462 e. The molecule has 0 aliphatic carbocycles. The number of aromatic amines is 1. The molecule has 3 rings (SSSR count). The molecule has 0 aliphatic rings. The second-order valence-electron chi connectivity index (χ2n) is 6.67. The van der Waals surface area contributed by atoms with Gasteiger partial charge in [-0.25, -0.2) is 9.78 Å². The molecule has 1 aromatic carbocycles. The van der Waals surface area contributed by atoms with Crippen LogP contribution in [0.25, 0.3) is 10.9 Å². The number of rotatable bonds is 10. The van der Waals surface area contributed by atoms with Crippen LogP contribution in [0.2, 0.25) is 0 Å². The number of hydrogen-bond acceptors (Lipinski definition) is 8. The fourth-order valence-electron chi connectivity index (χ4n) is 3.00. The minimum Gasteiger partial charge on any atom is -0.462 e. The third-order valence-corrected chi connectivity index (χ3v) is 5.26. The Morgan fingerprint density at radius 2 is 2.06 bits per heavy atom. The molecule has 0 bridgehead atoms. The lowest BCUT2D eigenvalue weighted by Crippen LogP contribution is -2.36. The molecule has 1 amide bonds. The Morgan fingerprint density at radius 3 is 2.84 bits per heavy atom. The van der Waals surface area contributed by atoms with E-state index < -0.39 is 5.97 Å². The lowest BCUT2D eigenvalue weighted by molar-refractivity contribution is -0.117. The van der Waals surface area contributed by atoms with Crippen LogP contribution in [0.5, 0.6) is 0 Å². The van der Waals surface area contributed by atoms with E-state index in [4.69, 9.17) is 9.47 Å². The van der Waals surface area contributed by atoms with Gasteiger partial charge in [-0.05, 0) is 30.5 Å². The van der Waals surface area contributed by atoms with Gasteiger partial charge in [-0.1, -0.05) is 12.1 Å². The predicted octanol–water partition coefficient (Wildman–Crippen LogP) is 2.25. The number of nitrogens with zero attached hydrogens (tertiary/aromatic N) is 2. The Labute approximate surface area is 183 Å². The molecule has 2 aromatic heterocycles. The number of carbonyl (C=O) groups excluding carboxylic acids is 2. The number of amides is 1. The minimum atomic E-state index is -0.478. The number of carbonyl (C=O) groups is 2. The quantitative estimate of drug-likeness (QED) is 0.461. The van der Waals surface area contributed by atoms with E-state index in [0.717, 1.165) is 0 Å². The first-order valence-corrected chi connectivity index (χ1v) is 10.6. The Kier molecular flexibility index (Phi) is 7.88. The number of H-pyrrole nitrogens is 1. The van der Waals surface area contributed by atoms with Crippen molar-refractivity contribution in [2.75, 3.05) is 38.7 Å². The highest BCUT2D eigenvalue weighted by atomic mass is 32.1. The van der Waals surface area contributed by atoms with Crippen molar-refractivity contribution in [3.63, 3.8) is 0 Å². The number of fused-ring (bicyclic) bond motifs is 1. The minimum absolute atomic E-state index is 0.0278. The van der Waals surface area contributed by atoms with Gasteiger partial charge >= 0.3 is 5.97 Å². The summed E-state index contributed by atoms with van der Waals surface area (Å²) in [5.41, 5.74) is 0.689. The molecule has 9 nitrogen and oxygen atoms in total. The van der Waals surface area contributed by atoms with E-state index in [1.807, 2.05) is 11.0 Å². The van der Waals surface area contributed by atoms with Crippen molar-refractivity contribution in [3.8, 4) is 0 Å². The van der Waals surface area contributed by atoms with Gasteiger partial charge in [0.1, 0.15) is 10.8 Å². The number of para-hydroxylation sites is 1. The summed E-state index contributed by atoms with van der Waals surface area (Å²) >= 11 is 1.25. The second-order valence-corrected chi connectivity index (χ2v) is 7.58. The molecule has 0 saturated heterocycles. The van der Waals surface area contributed by atoms with Crippen LogP contribution in [-0.2, 0) is 20.8 Å².